The third kappa shape index (κ3) is 1.50. The molecule has 4 bridgehead atoms. The molecule has 4 aliphatic carbocycles. The number of hydrogen-bond acceptors (Lipinski definition) is 2. The number of thiocarbonyl (C=S) groups is 1. The Morgan fingerprint density at radius 1 is 1.13 bits per heavy atom. The smallest absolute Gasteiger partial charge is 0.0631 e. The lowest BCUT2D eigenvalue weighted by molar-refractivity contribution is -0.0631. The first-order valence-electron chi connectivity index (χ1n) is 6.29. The van der Waals surface area contributed by atoms with Crippen LogP contribution in [0.25, 0.3) is 0 Å². The predicted molar refractivity (Wildman–Crippen MR) is 65.1 cm³/mol. The largest absolute Gasteiger partial charge is 0.229 e. The van der Waals surface area contributed by atoms with Crippen LogP contribution in [0.2, 0.25) is 0 Å². The summed E-state index contributed by atoms with van der Waals surface area (Å²) in [7, 11) is 0. The number of aliphatic imine (C=N–C) groups is 1. The molecule has 1 atom stereocenters. The molecular weight excluding hydrogens is 202 g/mol. The van der Waals surface area contributed by atoms with Crippen LogP contribution >= 0.6 is 12.2 Å². The Labute approximate surface area is 97.4 Å². The number of nitrogens with zero attached hydrogens (tertiary/aromatic N) is 1. The molecule has 0 aliphatic heterocycles. The SMILES string of the molecule is CC(N=C=S)C12CC3CC(CC(C3)C1)C2. The van der Waals surface area contributed by atoms with Gasteiger partial charge < -0.3 is 0 Å². The van der Waals surface area contributed by atoms with Crippen LogP contribution in [0.4, 0.5) is 0 Å². The minimum Gasteiger partial charge on any atom is -0.229 e. The molecule has 0 amide bonds. The summed E-state index contributed by atoms with van der Waals surface area (Å²) >= 11 is 4.77. The molecule has 0 aromatic carbocycles. The van der Waals surface area contributed by atoms with E-state index in [0.29, 0.717) is 11.5 Å². The zero-order valence-corrected chi connectivity index (χ0v) is 10.2. The van der Waals surface area contributed by atoms with Crippen molar-refractivity contribution in [2.45, 2.75) is 51.5 Å². The topological polar surface area (TPSA) is 12.4 Å². The highest BCUT2D eigenvalue weighted by molar-refractivity contribution is 7.78. The third-order valence-corrected chi connectivity index (χ3v) is 5.32. The molecule has 82 valence electrons. The third-order valence-electron chi connectivity index (χ3n) is 5.22. The highest BCUT2D eigenvalue weighted by Crippen LogP contribution is 2.61. The van der Waals surface area contributed by atoms with E-state index in [0.717, 1.165) is 17.8 Å². The second kappa shape index (κ2) is 3.40. The summed E-state index contributed by atoms with van der Waals surface area (Å²) in [6.07, 6.45) is 8.77. The average Bonchev–Trinajstić information content (AvgIpc) is 2.15. The number of hydrogen-bond donors (Lipinski definition) is 0. The molecule has 0 aromatic rings. The molecule has 4 fully saturated rings. The van der Waals surface area contributed by atoms with Crippen molar-refractivity contribution in [1.82, 2.24) is 0 Å². The Balaban J connectivity index is 1.89. The van der Waals surface area contributed by atoms with Crippen molar-refractivity contribution in [2.75, 3.05) is 0 Å². The first-order valence-corrected chi connectivity index (χ1v) is 6.70. The van der Waals surface area contributed by atoms with E-state index in [4.69, 9.17) is 12.2 Å². The lowest BCUT2D eigenvalue weighted by atomic mass is 9.48. The quantitative estimate of drug-likeness (QED) is 0.511. The normalized spacial score (nSPS) is 48.7. The van der Waals surface area contributed by atoms with Gasteiger partial charge in [-0.05, 0) is 80.8 Å². The number of isothiocyanates is 1. The van der Waals surface area contributed by atoms with Crippen molar-refractivity contribution in [3.05, 3.63) is 0 Å². The van der Waals surface area contributed by atoms with Crippen LogP contribution in [0.5, 0.6) is 0 Å². The van der Waals surface area contributed by atoms with E-state index < -0.39 is 0 Å². The first-order chi connectivity index (χ1) is 7.22. The minimum atomic E-state index is 0.420. The Morgan fingerprint density at radius 2 is 1.60 bits per heavy atom. The standard InChI is InChI=1S/C13H19NS/c1-9(14-8-15)13-5-10-2-11(6-13)4-12(3-10)7-13/h9-12H,2-7H2,1H3. The lowest BCUT2D eigenvalue weighted by Gasteiger charge is -2.58. The van der Waals surface area contributed by atoms with Gasteiger partial charge in [0.05, 0.1) is 11.2 Å². The molecule has 2 heteroatoms. The fraction of sp³-hybridized carbons (Fsp3) is 0.923. The molecule has 0 radical (unpaired) electrons. The Kier molecular flexibility index (Phi) is 2.26. The van der Waals surface area contributed by atoms with E-state index in [1.807, 2.05) is 0 Å². The molecule has 4 rings (SSSR count). The van der Waals surface area contributed by atoms with Gasteiger partial charge in [-0.3, -0.25) is 0 Å². The van der Waals surface area contributed by atoms with Gasteiger partial charge in [-0.1, -0.05) is 0 Å². The summed E-state index contributed by atoms with van der Waals surface area (Å²) in [6.45, 7) is 2.26. The first kappa shape index (κ1) is 9.99. The van der Waals surface area contributed by atoms with Crippen molar-refractivity contribution in [3.63, 3.8) is 0 Å². The maximum atomic E-state index is 4.77. The lowest BCUT2D eigenvalue weighted by Crippen LogP contribution is -2.50. The monoisotopic (exact) mass is 221 g/mol. The highest BCUT2D eigenvalue weighted by atomic mass is 32.1. The molecule has 0 spiro atoms. The second-order valence-corrected chi connectivity index (χ2v) is 6.36. The fourth-order valence-electron chi connectivity index (χ4n) is 4.91. The minimum absolute atomic E-state index is 0.420. The Bertz CT molecular complexity index is 281. The van der Waals surface area contributed by atoms with Crippen LogP contribution < -0.4 is 0 Å². The molecule has 0 heterocycles. The van der Waals surface area contributed by atoms with Crippen molar-refractivity contribution in [1.29, 1.82) is 0 Å². The highest BCUT2D eigenvalue weighted by Gasteiger charge is 2.53. The van der Waals surface area contributed by atoms with Crippen LogP contribution in [0.3, 0.4) is 0 Å². The summed E-state index contributed by atoms with van der Waals surface area (Å²) in [4.78, 5) is 4.38. The van der Waals surface area contributed by atoms with E-state index in [2.05, 4.69) is 17.1 Å². The van der Waals surface area contributed by atoms with Crippen molar-refractivity contribution < 1.29 is 0 Å². The maximum Gasteiger partial charge on any atom is 0.0631 e. The summed E-state index contributed by atoms with van der Waals surface area (Å²) in [5.41, 5.74) is 0.514. The van der Waals surface area contributed by atoms with Gasteiger partial charge in [0.1, 0.15) is 0 Å². The van der Waals surface area contributed by atoms with E-state index in [1.54, 1.807) is 0 Å². The van der Waals surface area contributed by atoms with Gasteiger partial charge in [-0.2, -0.15) is 0 Å². The molecule has 0 saturated heterocycles. The van der Waals surface area contributed by atoms with Crippen molar-refractivity contribution in [3.8, 4) is 0 Å². The molecule has 1 nitrogen and oxygen atoms in total. The van der Waals surface area contributed by atoms with Gasteiger partial charge in [0.25, 0.3) is 0 Å². The van der Waals surface area contributed by atoms with E-state index in [-0.39, 0.29) is 0 Å². The Morgan fingerprint density at radius 3 is 2.00 bits per heavy atom. The van der Waals surface area contributed by atoms with E-state index in [9.17, 15) is 0 Å². The van der Waals surface area contributed by atoms with E-state index >= 15 is 0 Å². The molecule has 15 heavy (non-hydrogen) atoms. The van der Waals surface area contributed by atoms with Gasteiger partial charge >= 0.3 is 0 Å². The van der Waals surface area contributed by atoms with Crippen molar-refractivity contribution in [2.24, 2.45) is 28.2 Å². The fourth-order valence-corrected chi connectivity index (χ4v) is 5.06. The van der Waals surface area contributed by atoms with Gasteiger partial charge in [-0.15, -0.1) is 0 Å². The average molecular weight is 221 g/mol. The summed E-state index contributed by atoms with van der Waals surface area (Å²) in [5.74, 6) is 3.04. The molecule has 0 aromatic heterocycles. The summed E-state index contributed by atoms with van der Waals surface area (Å²) in [6, 6.07) is 0.420. The molecular formula is C13H19NS. The zero-order chi connectivity index (χ0) is 10.5. The van der Waals surface area contributed by atoms with Crippen LogP contribution in [0.1, 0.15) is 45.4 Å². The predicted octanol–water partition coefficient (Wildman–Crippen LogP) is 3.69. The van der Waals surface area contributed by atoms with Gasteiger partial charge in [0.15, 0.2) is 0 Å². The molecule has 4 saturated carbocycles. The summed E-state index contributed by atoms with van der Waals surface area (Å²) < 4.78 is 0. The molecule has 4 aliphatic rings. The van der Waals surface area contributed by atoms with Crippen LogP contribution in [-0.4, -0.2) is 11.2 Å². The van der Waals surface area contributed by atoms with Crippen LogP contribution in [-0.2, 0) is 0 Å². The molecule has 1 unspecified atom stereocenters. The zero-order valence-electron chi connectivity index (χ0n) is 9.41. The maximum absolute atomic E-state index is 4.77. The van der Waals surface area contributed by atoms with Crippen molar-refractivity contribution >= 4 is 17.4 Å². The van der Waals surface area contributed by atoms with Gasteiger partial charge in [0.2, 0.25) is 0 Å². The number of rotatable bonds is 2. The molecule has 0 N–H and O–H groups in total. The van der Waals surface area contributed by atoms with Crippen LogP contribution in [0, 0.1) is 23.2 Å². The van der Waals surface area contributed by atoms with Gasteiger partial charge in [0, 0.05) is 0 Å². The Hall–Kier alpha value is -0.200. The van der Waals surface area contributed by atoms with Gasteiger partial charge in [-0.25, -0.2) is 4.99 Å². The van der Waals surface area contributed by atoms with Crippen LogP contribution in [0.15, 0.2) is 4.99 Å². The van der Waals surface area contributed by atoms with E-state index in [1.165, 1.54) is 38.5 Å². The summed E-state index contributed by atoms with van der Waals surface area (Å²) in [5, 5.41) is 2.60. The second-order valence-electron chi connectivity index (χ2n) is 6.18.